The van der Waals surface area contributed by atoms with Crippen LogP contribution in [0.4, 0.5) is 4.39 Å². The van der Waals surface area contributed by atoms with Gasteiger partial charge in [-0.1, -0.05) is 90.5 Å². The zero-order valence-electron chi connectivity index (χ0n) is 22.4. The summed E-state index contributed by atoms with van der Waals surface area (Å²) in [5, 5.41) is 0.934. The van der Waals surface area contributed by atoms with Gasteiger partial charge in [-0.15, -0.1) is 0 Å². The number of carbonyl (C=O) groups excluding carboxylic acids is 1. The summed E-state index contributed by atoms with van der Waals surface area (Å²) in [5.41, 5.74) is 3.15. The van der Waals surface area contributed by atoms with Gasteiger partial charge in [-0.3, -0.25) is 14.7 Å². The molecule has 1 amide bonds. The largest absolute Gasteiger partial charge is 0.490 e. The van der Waals surface area contributed by atoms with E-state index in [9.17, 15) is 9.18 Å². The van der Waals surface area contributed by atoms with Gasteiger partial charge in [-0.05, 0) is 59.7 Å². The third-order valence-electron chi connectivity index (χ3n) is 6.27. The van der Waals surface area contributed by atoms with Crippen LogP contribution in [0, 0.1) is 5.82 Å². The van der Waals surface area contributed by atoms with Gasteiger partial charge in [-0.2, -0.15) is 0 Å². The van der Waals surface area contributed by atoms with E-state index < -0.39 is 0 Å². The Hall–Kier alpha value is -4.07. The van der Waals surface area contributed by atoms with E-state index in [1.807, 2.05) is 67.6 Å². The Labute approximate surface area is 248 Å². The lowest BCUT2D eigenvalue weighted by molar-refractivity contribution is -0.122. The quantitative estimate of drug-likeness (QED) is 0.176. The zero-order valence-corrected chi connectivity index (χ0v) is 24.0. The summed E-state index contributed by atoms with van der Waals surface area (Å²) in [5.74, 6) is 0.238. The first-order valence-electron chi connectivity index (χ1n) is 13.2. The lowest BCUT2D eigenvalue weighted by Crippen LogP contribution is -2.28. The van der Waals surface area contributed by atoms with E-state index in [4.69, 9.17) is 26.1 Å². The number of nitrogens with zero attached hydrogens (tertiary/aromatic N) is 2. The predicted octanol–water partition coefficient (Wildman–Crippen LogP) is 8.13. The zero-order chi connectivity index (χ0) is 28.6. The number of amides is 1. The average Bonchev–Trinajstić information content (AvgIpc) is 3.27. The third kappa shape index (κ3) is 7.17. The van der Waals surface area contributed by atoms with E-state index in [2.05, 4.69) is 0 Å². The number of amidine groups is 1. The Morgan fingerprint density at radius 3 is 2.32 bits per heavy atom. The van der Waals surface area contributed by atoms with Crippen molar-refractivity contribution in [3.05, 3.63) is 135 Å². The summed E-state index contributed by atoms with van der Waals surface area (Å²) >= 11 is 7.96. The molecule has 4 aromatic carbocycles. The molecule has 0 aromatic heterocycles. The second-order valence-electron chi connectivity index (χ2n) is 9.22. The molecule has 1 saturated heterocycles. The molecule has 0 N–H and O–H groups in total. The molecule has 0 saturated carbocycles. The summed E-state index contributed by atoms with van der Waals surface area (Å²) < 4.78 is 25.8. The standard InChI is InChI=1S/C33H28ClFN2O3S/c1-2-39-29-18-25(17-27(34)31(29)40-22-26-15-9-10-16-28(26)35)19-30-32(38)37(21-24-13-7-4-8-14-24)33(41-30)36-20-23-11-5-3-6-12-23/h3-19H,2,20-22H2,1H3/b30-19+,36-33?. The minimum Gasteiger partial charge on any atom is -0.490 e. The van der Waals surface area contributed by atoms with Crippen LogP contribution in [0.1, 0.15) is 29.2 Å². The highest BCUT2D eigenvalue weighted by molar-refractivity contribution is 8.18. The normalized spacial score (nSPS) is 15.1. The van der Waals surface area contributed by atoms with E-state index in [0.29, 0.717) is 57.4 Å². The maximum absolute atomic E-state index is 14.1. The van der Waals surface area contributed by atoms with Crippen LogP contribution in [0.2, 0.25) is 5.02 Å². The second-order valence-corrected chi connectivity index (χ2v) is 10.6. The van der Waals surface area contributed by atoms with E-state index in [1.54, 1.807) is 41.3 Å². The number of aliphatic imine (C=N–C) groups is 1. The monoisotopic (exact) mass is 586 g/mol. The van der Waals surface area contributed by atoms with Crippen molar-refractivity contribution in [3.63, 3.8) is 0 Å². The van der Waals surface area contributed by atoms with Crippen molar-refractivity contribution in [2.75, 3.05) is 6.61 Å². The Balaban J connectivity index is 1.43. The number of hydrogen-bond acceptors (Lipinski definition) is 5. The Morgan fingerprint density at radius 2 is 1.61 bits per heavy atom. The molecule has 0 radical (unpaired) electrons. The maximum atomic E-state index is 14.1. The van der Waals surface area contributed by atoms with Gasteiger partial charge in [-0.25, -0.2) is 4.39 Å². The number of thioether (sulfide) groups is 1. The molecule has 0 atom stereocenters. The predicted molar refractivity (Wildman–Crippen MR) is 163 cm³/mol. The van der Waals surface area contributed by atoms with Gasteiger partial charge >= 0.3 is 0 Å². The molecule has 0 spiro atoms. The number of rotatable bonds is 10. The van der Waals surface area contributed by atoms with Crippen molar-refractivity contribution in [2.24, 2.45) is 4.99 Å². The number of carbonyl (C=O) groups is 1. The molecule has 4 aromatic rings. The number of ether oxygens (including phenoxy) is 2. The molecule has 208 valence electrons. The molecular weight excluding hydrogens is 559 g/mol. The number of halogens is 2. The summed E-state index contributed by atoms with van der Waals surface area (Å²) in [6.45, 7) is 3.10. The van der Waals surface area contributed by atoms with E-state index in [-0.39, 0.29) is 18.3 Å². The lowest BCUT2D eigenvalue weighted by atomic mass is 10.1. The van der Waals surface area contributed by atoms with E-state index >= 15 is 0 Å². The van der Waals surface area contributed by atoms with Gasteiger partial charge < -0.3 is 9.47 Å². The Kier molecular flexibility index (Phi) is 9.39. The van der Waals surface area contributed by atoms with Crippen LogP contribution in [0.3, 0.4) is 0 Å². The van der Waals surface area contributed by atoms with Crippen molar-refractivity contribution in [2.45, 2.75) is 26.6 Å². The lowest BCUT2D eigenvalue weighted by Gasteiger charge is -2.16. The highest BCUT2D eigenvalue weighted by atomic mass is 35.5. The summed E-state index contributed by atoms with van der Waals surface area (Å²) in [6, 6.07) is 29.6. The minimum absolute atomic E-state index is 0.00305. The fourth-order valence-electron chi connectivity index (χ4n) is 4.26. The first-order valence-corrected chi connectivity index (χ1v) is 14.4. The van der Waals surface area contributed by atoms with Gasteiger partial charge in [0.15, 0.2) is 16.7 Å². The molecule has 0 aliphatic carbocycles. The number of hydrogen-bond donors (Lipinski definition) is 0. The van der Waals surface area contributed by atoms with Crippen LogP contribution < -0.4 is 9.47 Å². The Bertz CT molecular complexity index is 1580. The molecule has 1 aliphatic heterocycles. The van der Waals surface area contributed by atoms with Gasteiger partial charge in [0.1, 0.15) is 12.4 Å². The van der Waals surface area contributed by atoms with Crippen LogP contribution in [0.5, 0.6) is 11.5 Å². The number of benzene rings is 4. The van der Waals surface area contributed by atoms with Crippen LogP contribution in [0.15, 0.2) is 107 Å². The summed E-state index contributed by atoms with van der Waals surface area (Å²) in [4.78, 5) is 20.6. The molecule has 41 heavy (non-hydrogen) atoms. The van der Waals surface area contributed by atoms with Crippen molar-refractivity contribution in [3.8, 4) is 11.5 Å². The highest BCUT2D eigenvalue weighted by Gasteiger charge is 2.33. The maximum Gasteiger partial charge on any atom is 0.267 e. The molecular formula is C33H28ClFN2O3S. The fraction of sp³-hybridized carbons (Fsp3) is 0.152. The fourth-order valence-corrected chi connectivity index (χ4v) is 5.51. The molecule has 1 fully saturated rings. The third-order valence-corrected chi connectivity index (χ3v) is 7.60. The molecule has 8 heteroatoms. The van der Waals surface area contributed by atoms with E-state index in [1.165, 1.54) is 17.8 Å². The average molecular weight is 587 g/mol. The molecule has 0 bridgehead atoms. The summed E-state index contributed by atoms with van der Waals surface area (Å²) in [6.07, 6.45) is 1.78. The van der Waals surface area contributed by atoms with E-state index in [0.717, 1.165) is 11.1 Å². The summed E-state index contributed by atoms with van der Waals surface area (Å²) in [7, 11) is 0. The highest BCUT2D eigenvalue weighted by Crippen LogP contribution is 2.40. The van der Waals surface area contributed by atoms with Crippen molar-refractivity contribution in [1.29, 1.82) is 0 Å². The molecule has 5 rings (SSSR count). The van der Waals surface area contributed by atoms with Crippen LogP contribution in [-0.4, -0.2) is 22.6 Å². The van der Waals surface area contributed by atoms with Gasteiger partial charge in [0.25, 0.3) is 5.91 Å². The van der Waals surface area contributed by atoms with Gasteiger partial charge in [0, 0.05) is 5.56 Å². The molecule has 1 heterocycles. The van der Waals surface area contributed by atoms with Gasteiger partial charge in [0.05, 0.1) is 29.6 Å². The van der Waals surface area contributed by atoms with Crippen molar-refractivity contribution in [1.82, 2.24) is 4.90 Å². The Morgan fingerprint density at radius 1 is 0.927 bits per heavy atom. The first kappa shape index (κ1) is 28.5. The SMILES string of the molecule is CCOc1cc(/C=C2/SC(=NCc3ccccc3)N(Cc3ccccc3)C2=O)cc(Cl)c1OCc1ccccc1F. The second kappa shape index (κ2) is 13.5. The first-order chi connectivity index (χ1) is 20.0. The van der Waals surface area contributed by atoms with Crippen molar-refractivity contribution >= 4 is 40.5 Å². The van der Waals surface area contributed by atoms with Crippen LogP contribution >= 0.6 is 23.4 Å². The van der Waals surface area contributed by atoms with Crippen LogP contribution in [-0.2, 0) is 24.5 Å². The van der Waals surface area contributed by atoms with Gasteiger partial charge in [0.2, 0.25) is 0 Å². The topological polar surface area (TPSA) is 51.1 Å². The van der Waals surface area contributed by atoms with Crippen LogP contribution in [0.25, 0.3) is 6.08 Å². The molecule has 5 nitrogen and oxygen atoms in total. The van der Waals surface area contributed by atoms with Crippen molar-refractivity contribution < 1.29 is 18.7 Å². The minimum atomic E-state index is -0.357. The molecule has 1 aliphatic rings. The smallest absolute Gasteiger partial charge is 0.267 e. The molecule has 0 unspecified atom stereocenters.